The first-order chi connectivity index (χ1) is 6.96. The Morgan fingerprint density at radius 3 is 2.53 bits per heavy atom. The van der Waals surface area contributed by atoms with E-state index in [0.29, 0.717) is 12.5 Å². The summed E-state index contributed by atoms with van der Waals surface area (Å²) in [6.45, 7) is 6.31. The van der Waals surface area contributed by atoms with Crippen LogP contribution in [0.2, 0.25) is 0 Å². The minimum Gasteiger partial charge on any atom is -0.310 e. The molecule has 0 spiro atoms. The molecule has 0 heterocycles. The van der Waals surface area contributed by atoms with Gasteiger partial charge in [-0.1, -0.05) is 0 Å². The van der Waals surface area contributed by atoms with Crippen molar-refractivity contribution in [1.29, 1.82) is 0 Å². The van der Waals surface area contributed by atoms with Gasteiger partial charge in [-0.2, -0.15) is 0 Å². The van der Waals surface area contributed by atoms with Gasteiger partial charge in [0.2, 0.25) is 0 Å². The van der Waals surface area contributed by atoms with Crippen molar-refractivity contribution in [3.63, 3.8) is 0 Å². The van der Waals surface area contributed by atoms with Crippen LogP contribution in [-0.4, -0.2) is 12.2 Å². The summed E-state index contributed by atoms with van der Waals surface area (Å²) in [5.41, 5.74) is -0.366. The summed E-state index contributed by atoms with van der Waals surface area (Å²) in [4.78, 5) is 0. The SMILES string of the molecule is CC(C)(C)O[PH](=O)OC[C@H]1CC1C1CC1. The molecule has 3 nitrogen and oxygen atoms in total. The Hall–Kier alpha value is 0.150. The molecule has 2 unspecified atom stereocenters. The second-order valence-electron chi connectivity index (χ2n) is 5.77. The van der Waals surface area contributed by atoms with Crippen molar-refractivity contribution in [3.8, 4) is 0 Å². The van der Waals surface area contributed by atoms with Crippen molar-refractivity contribution in [2.24, 2.45) is 17.8 Å². The van der Waals surface area contributed by atoms with Crippen LogP contribution in [0.5, 0.6) is 0 Å². The van der Waals surface area contributed by atoms with E-state index in [2.05, 4.69) is 0 Å². The van der Waals surface area contributed by atoms with Gasteiger partial charge in [0.05, 0.1) is 12.2 Å². The van der Waals surface area contributed by atoms with E-state index in [1.807, 2.05) is 20.8 Å². The molecule has 2 aliphatic carbocycles. The highest BCUT2D eigenvalue weighted by atomic mass is 31.1. The predicted octanol–water partition coefficient (Wildman–Crippen LogP) is 3.25. The summed E-state index contributed by atoms with van der Waals surface area (Å²) >= 11 is 0. The summed E-state index contributed by atoms with van der Waals surface area (Å²) in [6, 6.07) is 0. The minimum atomic E-state index is -2.28. The van der Waals surface area contributed by atoms with Gasteiger partial charge in [-0.05, 0) is 57.8 Å². The summed E-state index contributed by atoms with van der Waals surface area (Å²) in [5.74, 6) is 2.49. The molecule has 0 aromatic heterocycles. The van der Waals surface area contributed by atoms with Gasteiger partial charge in [0, 0.05) is 0 Å². The summed E-state index contributed by atoms with van der Waals surface area (Å²) in [6.07, 6.45) is 4.07. The van der Waals surface area contributed by atoms with Crippen molar-refractivity contribution in [2.75, 3.05) is 6.61 Å². The fraction of sp³-hybridized carbons (Fsp3) is 1.00. The normalized spacial score (nSPS) is 32.7. The largest absolute Gasteiger partial charge is 0.319 e. The second-order valence-corrected chi connectivity index (χ2v) is 6.77. The summed E-state index contributed by atoms with van der Waals surface area (Å²) in [5, 5.41) is 0. The van der Waals surface area contributed by atoms with Crippen molar-refractivity contribution in [2.45, 2.75) is 45.6 Å². The van der Waals surface area contributed by atoms with Crippen LogP contribution in [0.15, 0.2) is 0 Å². The third-order valence-electron chi connectivity index (χ3n) is 3.01. The lowest BCUT2D eigenvalue weighted by Crippen LogP contribution is -2.15. The zero-order valence-electron chi connectivity index (χ0n) is 9.79. The Balaban J connectivity index is 1.60. The predicted molar refractivity (Wildman–Crippen MR) is 60.1 cm³/mol. The van der Waals surface area contributed by atoms with Crippen LogP contribution in [0.25, 0.3) is 0 Å². The maximum absolute atomic E-state index is 11.4. The topological polar surface area (TPSA) is 35.5 Å². The fourth-order valence-corrected chi connectivity index (χ4v) is 2.93. The zero-order valence-corrected chi connectivity index (χ0v) is 10.8. The van der Waals surface area contributed by atoms with Gasteiger partial charge >= 0.3 is 8.25 Å². The van der Waals surface area contributed by atoms with E-state index in [1.54, 1.807) is 0 Å². The lowest BCUT2D eigenvalue weighted by Gasteiger charge is -2.18. The Bertz CT molecular complexity index is 255. The Morgan fingerprint density at radius 2 is 2.00 bits per heavy atom. The molecular formula is C11H21O3P. The first kappa shape index (κ1) is 11.6. The number of rotatable bonds is 5. The highest BCUT2D eigenvalue weighted by molar-refractivity contribution is 7.33. The molecule has 0 saturated heterocycles. The van der Waals surface area contributed by atoms with E-state index < -0.39 is 8.25 Å². The lowest BCUT2D eigenvalue weighted by atomic mass is 10.2. The van der Waals surface area contributed by atoms with Crippen LogP contribution in [0.1, 0.15) is 40.0 Å². The molecule has 4 heteroatoms. The van der Waals surface area contributed by atoms with Crippen LogP contribution in [0, 0.1) is 17.8 Å². The molecule has 2 saturated carbocycles. The minimum absolute atomic E-state index is 0.366. The number of hydrogen-bond donors (Lipinski definition) is 0. The van der Waals surface area contributed by atoms with Gasteiger partial charge in [0.1, 0.15) is 0 Å². The Kier molecular flexibility index (Phi) is 3.25. The van der Waals surface area contributed by atoms with E-state index in [9.17, 15) is 4.57 Å². The first-order valence-corrected chi connectivity index (χ1v) is 7.04. The fourth-order valence-electron chi connectivity index (χ4n) is 2.02. The molecule has 0 aliphatic heterocycles. The smallest absolute Gasteiger partial charge is 0.310 e. The molecule has 0 N–H and O–H groups in total. The van der Waals surface area contributed by atoms with E-state index >= 15 is 0 Å². The van der Waals surface area contributed by atoms with Gasteiger partial charge < -0.3 is 9.05 Å². The maximum atomic E-state index is 11.4. The summed E-state index contributed by atoms with van der Waals surface area (Å²) in [7, 11) is -2.28. The van der Waals surface area contributed by atoms with Gasteiger partial charge in [-0.15, -0.1) is 0 Å². The molecule has 2 fully saturated rings. The van der Waals surface area contributed by atoms with Gasteiger partial charge in [0.25, 0.3) is 0 Å². The van der Waals surface area contributed by atoms with E-state index in [-0.39, 0.29) is 5.60 Å². The molecule has 2 aliphatic rings. The van der Waals surface area contributed by atoms with Crippen LogP contribution in [-0.2, 0) is 13.6 Å². The summed E-state index contributed by atoms with van der Waals surface area (Å²) < 4.78 is 21.9. The molecule has 0 amide bonds. The Labute approximate surface area is 92.5 Å². The van der Waals surface area contributed by atoms with Crippen molar-refractivity contribution in [1.82, 2.24) is 0 Å². The van der Waals surface area contributed by atoms with Crippen molar-refractivity contribution in [3.05, 3.63) is 0 Å². The monoisotopic (exact) mass is 232 g/mol. The van der Waals surface area contributed by atoms with Crippen LogP contribution in [0.4, 0.5) is 0 Å². The first-order valence-electron chi connectivity index (χ1n) is 5.81. The van der Waals surface area contributed by atoms with Gasteiger partial charge in [-0.25, -0.2) is 0 Å². The van der Waals surface area contributed by atoms with Crippen LogP contribution >= 0.6 is 8.25 Å². The molecule has 0 radical (unpaired) electrons. The molecule has 88 valence electrons. The van der Waals surface area contributed by atoms with Crippen molar-refractivity contribution < 1.29 is 13.6 Å². The third kappa shape index (κ3) is 3.90. The third-order valence-corrected chi connectivity index (χ3v) is 4.19. The zero-order chi connectivity index (χ0) is 11.1. The van der Waals surface area contributed by atoms with Crippen LogP contribution in [0.3, 0.4) is 0 Å². The van der Waals surface area contributed by atoms with Crippen LogP contribution < -0.4 is 0 Å². The molecule has 0 aromatic rings. The number of hydrogen-bond acceptors (Lipinski definition) is 3. The average Bonchev–Trinajstić information content (AvgIpc) is 2.92. The standard InChI is InChI=1S/C11H21O3P/c1-11(2,3)14-15(12)13-7-9-6-10(9)8-4-5-8/h8-10,15H,4-7H2,1-3H3/t9-,10?/m1/s1. The highest BCUT2D eigenvalue weighted by Gasteiger charge is 2.47. The quantitative estimate of drug-likeness (QED) is 0.682. The van der Waals surface area contributed by atoms with Gasteiger partial charge in [-0.3, -0.25) is 4.57 Å². The molecule has 0 aromatic carbocycles. The van der Waals surface area contributed by atoms with E-state index in [4.69, 9.17) is 9.05 Å². The van der Waals surface area contributed by atoms with E-state index in [0.717, 1.165) is 11.8 Å². The molecule has 0 bridgehead atoms. The molecule has 15 heavy (non-hydrogen) atoms. The molecular weight excluding hydrogens is 211 g/mol. The van der Waals surface area contributed by atoms with E-state index in [1.165, 1.54) is 19.3 Å². The highest BCUT2D eigenvalue weighted by Crippen LogP contribution is 2.55. The molecule has 2 rings (SSSR count). The van der Waals surface area contributed by atoms with Crippen molar-refractivity contribution >= 4 is 8.25 Å². The Morgan fingerprint density at radius 1 is 1.33 bits per heavy atom. The van der Waals surface area contributed by atoms with Gasteiger partial charge in [0.15, 0.2) is 0 Å². The maximum Gasteiger partial charge on any atom is 0.319 e. The average molecular weight is 232 g/mol. The molecule has 3 atom stereocenters. The second kappa shape index (κ2) is 4.20. The lowest BCUT2D eigenvalue weighted by molar-refractivity contribution is 0.106.